The molecule has 2 N–H and O–H groups in total. The zero-order chi connectivity index (χ0) is 11.7. The Labute approximate surface area is 91.5 Å². The molecule has 5 nitrogen and oxygen atoms in total. The Bertz CT molecular complexity index is 174. The number of rotatable bonds is 8. The Morgan fingerprint density at radius 3 is 2.47 bits per heavy atom. The first-order chi connectivity index (χ1) is 7.10. The van der Waals surface area contributed by atoms with E-state index < -0.39 is 0 Å². The molecule has 0 radical (unpaired) electrons. The van der Waals surface area contributed by atoms with Gasteiger partial charge in [0.1, 0.15) is 0 Å². The largest absolute Gasteiger partial charge is 0.382 e. The molecule has 0 aliphatic heterocycles. The number of ether oxygens (including phenoxy) is 2. The molecule has 5 heteroatoms. The van der Waals surface area contributed by atoms with E-state index >= 15 is 0 Å². The van der Waals surface area contributed by atoms with Crippen LogP contribution in [0.5, 0.6) is 0 Å². The van der Waals surface area contributed by atoms with Crippen molar-refractivity contribution in [1.29, 1.82) is 0 Å². The third-order valence-corrected chi connectivity index (χ3v) is 1.79. The lowest BCUT2D eigenvalue weighted by Crippen LogP contribution is -2.41. The average molecular weight is 218 g/mol. The smallest absolute Gasteiger partial charge is 0.234 e. The maximum atomic E-state index is 11.2. The van der Waals surface area contributed by atoms with Crippen molar-refractivity contribution >= 4 is 5.91 Å². The molecule has 0 aliphatic carbocycles. The Hall–Kier alpha value is -0.650. The van der Waals surface area contributed by atoms with Gasteiger partial charge in [-0.2, -0.15) is 0 Å². The summed E-state index contributed by atoms with van der Waals surface area (Å²) < 4.78 is 10.1. The van der Waals surface area contributed by atoms with Crippen LogP contribution in [0.15, 0.2) is 0 Å². The van der Waals surface area contributed by atoms with E-state index in [1.165, 1.54) is 0 Å². The highest BCUT2D eigenvalue weighted by Gasteiger charge is 2.07. The van der Waals surface area contributed by atoms with Crippen LogP contribution in [0.2, 0.25) is 0 Å². The van der Waals surface area contributed by atoms with Gasteiger partial charge in [0.25, 0.3) is 0 Å². The minimum atomic E-state index is -0.0122. The monoisotopic (exact) mass is 218 g/mol. The lowest BCUT2D eigenvalue weighted by molar-refractivity contribution is -0.120. The van der Waals surface area contributed by atoms with Gasteiger partial charge in [-0.15, -0.1) is 0 Å². The van der Waals surface area contributed by atoms with E-state index in [1.807, 2.05) is 13.8 Å². The van der Waals surface area contributed by atoms with Crippen molar-refractivity contribution < 1.29 is 14.3 Å². The second-order valence-corrected chi connectivity index (χ2v) is 3.67. The van der Waals surface area contributed by atoms with Crippen molar-refractivity contribution in [1.82, 2.24) is 10.6 Å². The quantitative estimate of drug-likeness (QED) is 0.590. The molecule has 0 spiro atoms. The molecule has 0 saturated heterocycles. The van der Waals surface area contributed by atoms with Crippen LogP contribution >= 0.6 is 0 Å². The third-order valence-electron chi connectivity index (χ3n) is 1.79. The zero-order valence-electron chi connectivity index (χ0n) is 10.0. The number of carbonyl (C=O) groups is 1. The van der Waals surface area contributed by atoms with Gasteiger partial charge in [0.2, 0.25) is 5.91 Å². The minimum Gasteiger partial charge on any atom is -0.382 e. The molecule has 0 aliphatic rings. The molecule has 0 heterocycles. The van der Waals surface area contributed by atoms with Crippen LogP contribution in [0.25, 0.3) is 0 Å². The number of amides is 1. The molecule has 0 saturated carbocycles. The Morgan fingerprint density at radius 2 is 2.00 bits per heavy atom. The molecular weight excluding hydrogens is 196 g/mol. The van der Waals surface area contributed by atoms with Gasteiger partial charge in [-0.05, 0) is 13.8 Å². The first-order valence-electron chi connectivity index (χ1n) is 5.12. The second kappa shape index (κ2) is 8.64. The van der Waals surface area contributed by atoms with E-state index in [9.17, 15) is 4.79 Å². The van der Waals surface area contributed by atoms with Gasteiger partial charge in [-0.1, -0.05) is 0 Å². The van der Waals surface area contributed by atoms with Crippen molar-refractivity contribution in [2.45, 2.75) is 26.0 Å². The predicted octanol–water partition coefficient (Wildman–Crippen LogP) is -0.238. The van der Waals surface area contributed by atoms with Gasteiger partial charge >= 0.3 is 0 Å². The van der Waals surface area contributed by atoms with Crippen LogP contribution in [0.3, 0.4) is 0 Å². The summed E-state index contributed by atoms with van der Waals surface area (Å²) in [6.45, 7) is 5.30. The molecule has 1 atom stereocenters. The molecule has 1 unspecified atom stereocenters. The van der Waals surface area contributed by atoms with Crippen LogP contribution in [0, 0.1) is 0 Å². The SMILES string of the molecule is COCC(CNCC(=O)NC(C)C)OC. The van der Waals surface area contributed by atoms with E-state index in [0.717, 1.165) is 0 Å². The van der Waals surface area contributed by atoms with Gasteiger partial charge < -0.3 is 20.1 Å². The maximum absolute atomic E-state index is 11.2. The van der Waals surface area contributed by atoms with E-state index in [-0.39, 0.29) is 18.1 Å². The fourth-order valence-corrected chi connectivity index (χ4v) is 1.12. The summed E-state index contributed by atoms with van der Waals surface area (Å²) in [5.74, 6) is -0.00253. The van der Waals surface area contributed by atoms with Crippen molar-refractivity contribution in [2.24, 2.45) is 0 Å². The van der Waals surface area contributed by atoms with Crippen molar-refractivity contribution in [3.05, 3.63) is 0 Å². The summed E-state index contributed by atoms with van der Waals surface area (Å²) >= 11 is 0. The Balaban J connectivity index is 3.54. The van der Waals surface area contributed by atoms with E-state index in [1.54, 1.807) is 14.2 Å². The van der Waals surface area contributed by atoms with Gasteiger partial charge in [0.05, 0.1) is 19.3 Å². The fourth-order valence-electron chi connectivity index (χ4n) is 1.12. The highest BCUT2D eigenvalue weighted by atomic mass is 16.5. The summed E-state index contributed by atoms with van der Waals surface area (Å²) in [7, 11) is 3.25. The second-order valence-electron chi connectivity index (χ2n) is 3.67. The highest BCUT2D eigenvalue weighted by Crippen LogP contribution is 1.88. The van der Waals surface area contributed by atoms with Crippen LogP contribution in [0.4, 0.5) is 0 Å². The summed E-state index contributed by atoms with van der Waals surface area (Å²) in [6.07, 6.45) is -0.0122. The third kappa shape index (κ3) is 8.35. The molecule has 0 fully saturated rings. The molecule has 0 aromatic carbocycles. The maximum Gasteiger partial charge on any atom is 0.234 e. The van der Waals surface area contributed by atoms with E-state index in [0.29, 0.717) is 19.7 Å². The zero-order valence-corrected chi connectivity index (χ0v) is 10.0. The normalized spacial score (nSPS) is 12.9. The molecule has 1 amide bonds. The number of methoxy groups -OCH3 is 2. The molecule has 0 aromatic rings. The Kier molecular flexibility index (Phi) is 8.27. The standard InChI is InChI=1S/C10H22N2O3/c1-8(2)12-10(13)6-11-5-9(15-4)7-14-3/h8-9,11H,5-7H2,1-4H3,(H,12,13). The lowest BCUT2D eigenvalue weighted by Gasteiger charge is -2.15. The lowest BCUT2D eigenvalue weighted by atomic mass is 10.3. The van der Waals surface area contributed by atoms with Gasteiger partial charge in [-0.3, -0.25) is 4.79 Å². The topological polar surface area (TPSA) is 59.6 Å². The molecule has 0 rings (SSSR count). The number of hydrogen-bond acceptors (Lipinski definition) is 4. The van der Waals surface area contributed by atoms with Crippen LogP contribution in [-0.4, -0.2) is 52.0 Å². The summed E-state index contributed by atoms with van der Waals surface area (Å²) in [4.78, 5) is 11.2. The molecule has 0 aromatic heterocycles. The van der Waals surface area contributed by atoms with E-state index in [2.05, 4.69) is 10.6 Å². The first-order valence-corrected chi connectivity index (χ1v) is 5.12. The van der Waals surface area contributed by atoms with Gasteiger partial charge in [0, 0.05) is 26.8 Å². The average Bonchev–Trinajstić information content (AvgIpc) is 2.15. The van der Waals surface area contributed by atoms with Crippen LogP contribution < -0.4 is 10.6 Å². The summed E-state index contributed by atoms with van der Waals surface area (Å²) in [5.41, 5.74) is 0. The number of nitrogens with one attached hydrogen (secondary N) is 2. The van der Waals surface area contributed by atoms with Gasteiger partial charge in [-0.25, -0.2) is 0 Å². The molecule has 0 bridgehead atoms. The number of hydrogen-bond donors (Lipinski definition) is 2. The molecule has 15 heavy (non-hydrogen) atoms. The summed E-state index contributed by atoms with van der Waals surface area (Å²) in [6, 6.07) is 0.177. The first kappa shape index (κ1) is 14.3. The minimum absolute atomic E-state index is 0.00253. The van der Waals surface area contributed by atoms with Crippen molar-refractivity contribution in [2.75, 3.05) is 33.9 Å². The number of carbonyl (C=O) groups excluding carboxylic acids is 1. The van der Waals surface area contributed by atoms with Crippen LogP contribution in [-0.2, 0) is 14.3 Å². The van der Waals surface area contributed by atoms with Crippen LogP contribution in [0.1, 0.15) is 13.8 Å². The Morgan fingerprint density at radius 1 is 1.33 bits per heavy atom. The highest BCUT2D eigenvalue weighted by molar-refractivity contribution is 5.78. The van der Waals surface area contributed by atoms with Crippen molar-refractivity contribution in [3.63, 3.8) is 0 Å². The summed E-state index contributed by atoms with van der Waals surface area (Å²) in [5, 5.41) is 5.80. The van der Waals surface area contributed by atoms with Crippen molar-refractivity contribution in [3.8, 4) is 0 Å². The predicted molar refractivity (Wildman–Crippen MR) is 58.8 cm³/mol. The van der Waals surface area contributed by atoms with Gasteiger partial charge in [0.15, 0.2) is 0 Å². The van der Waals surface area contributed by atoms with E-state index in [4.69, 9.17) is 9.47 Å². The molecule has 90 valence electrons. The molecular formula is C10H22N2O3. The fraction of sp³-hybridized carbons (Fsp3) is 0.900.